The lowest BCUT2D eigenvalue weighted by atomic mass is 9.83. The molecular formula is C63H45N3. The first-order chi connectivity index (χ1) is 32.7. The zero-order valence-electron chi connectivity index (χ0n) is 36.3. The Hall–Kier alpha value is -8.66. The van der Waals surface area contributed by atoms with Crippen molar-refractivity contribution < 1.29 is 0 Å². The highest BCUT2D eigenvalue weighted by Gasteiger charge is 2.26. The van der Waals surface area contributed by atoms with Crippen LogP contribution in [0.15, 0.2) is 266 Å². The SMILES string of the molecule is C1=C(c2cccc(-c3ccccc3)c2)N=C(c2ccccc2)NC1c1cccc(-c2ccc(-c3c(-c4ccccc4)c(-c4ccccc4)nc(-c4ccccc4)c3-c3ccccc3)cc2)c1. The number of aromatic nitrogens is 1. The van der Waals surface area contributed by atoms with Crippen molar-refractivity contribution in [3.63, 3.8) is 0 Å². The summed E-state index contributed by atoms with van der Waals surface area (Å²) in [5, 5.41) is 3.79. The van der Waals surface area contributed by atoms with Gasteiger partial charge in [-0.1, -0.05) is 243 Å². The monoisotopic (exact) mass is 843 g/mol. The molecule has 1 atom stereocenters. The van der Waals surface area contributed by atoms with E-state index in [-0.39, 0.29) is 6.04 Å². The lowest BCUT2D eigenvalue weighted by Gasteiger charge is -2.25. The van der Waals surface area contributed by atoms with Crippen LogP contribution in [0.1, 0.15) is 22.7 Å². The highest BCUT2D eigenvalue weighted by atomic mass is 15.0. The Balaban J connectivity index is 1.03. The highest BCUT2D eigenvalue weighted by molar-refractivity contribution is 6.05. The first kappa shape index (κ1) is 40.1. The first-order valence-electron chi connectivity index (χ1n) is 22.5. The zero-order chi connectivity index (χ0) is 44.1. The van der Waals surface area contributed by atoms with Crippen molar-refractivity contribution >= 4 is 11.5 Å². The quantitative estimate of drug-likeness (QED) is 0.149. The molecule has 1 unspecified atom stereocenters. The number of hydrogen-bond donors (Lipinski definition) is 1. The molecule has 312 valence electrons. The van der Waals surface area contributed by atoms with Gasteiger partial charge >= 0.3 is 0 Å². The van der Waals surface area contributed by atoms with Gasteiger partial charge in [0.1, 0.15) is 5.84 Å². The van der Waals surface area contributed by atoms with Crippen molar-refractivity contribution in [1.82, 2.24) is 10.3 Å². The summed E-state index contributed by atoms with van der Waals surface area (Å²) in [6, 6.07) is 90.2. The maximum Gasteiger partial charge on any atom is 0.134 e. The van der Waals surface area contributed by atoms with Gasteiger partial charge < -0.3 is 5.32 Å². The largest absolute Gasteiger partial charge is 0.359 e. The molecule has 66 heavy (non-hydrogen) atoms. The predicted molar refractivity (Wildman–Crippen MR) is 276 cm³/mol. The molecule has 3 heteroatoms. The number of nitrogens with one attached hydrogen (secondary N) is 1. The summed E-state index contributed by atoms with van der Waals surface area (Å²) in [5.74, 6) is 0.850. The summed E-state index contributed by atoms with van der Waals surface area (Å²) < 4.78 is 0. The fourth-order valence-electron chi connectivity index (χ4n) is 9.11. The third kappa shape index (κ3) is 8.18. The van der Waals surface area contributed by atoms with Crippen LogP contribution in [0.5, 0.6) is 0 Å². The van der Waals surface area contributed by atoms with Gasteiger partial charge in [-0.05, 0) is 62.7 Å². The topological polar surface area (TPSA) is 37.3 Å². The van der Waals surface area contributed by atoms with E-state index in [1.54, 1.807) is 0 Å². The molecule has 1 aliphatic heterocycles. The minimum absolute atomic E-state index is 0.112. The molecule has 1 aliphatic rings. The molecule has 10 aromatic rings. The molecule has 0 saturated heterocycles. The Morgan fingerprint density at radius 3 is 1.20 bits per heavy atom. The Bertz CT molecular complexity index is 3230. The van der Waals surface area contributed by atoms with E-state index in [1.807, 2.05) is 6.07 Å². The van der Waals surface area contributed by atoms with Gasteiger partial charge in [-0.2, -0.15) is 0 Å². The number of benzene rings is 9. The average molecular weight is 844 g/mol. The van der Waals surface area contributed by atoms with Gasteiger partial charge in [-0.15, -0.1) is 0 Å². The van der Waals surface area contributed by atoms with Crippen LogP contribution in [0, 0.1) is 0 Å². The molecule has 0 saturated carbocycles. The minimum Gasteiger partial charge on any atom is -0.359 e. The van der Waals surface area contributed by atoms with Gasteiger partial charge in [-0.25, -0.2) is 9.98 Å². The zero-order valence-corrected chi connectivity index (χ0v) is 36.3. The van der Waals surface area contributed by atoms with E-state index >= 15 is 0 Å². The van der Waals surface area contributed by atoms with E-state index in [2.05, 4.69) is 260 Å². The normalized spacial score (nSPS) is 13.3. The van der Waals surface area contributed by atoms with Crippen LogP contribution in [0.3, 0.4) is 0 Å². The second kappa shape index (κ2) is 18.2. The van der Waals surface area contributed by atoms with Gasteiger partial charge in [0, 0.05) is 38.9 Å². The smallest absolute Gasteiger partial charge is 0.134 e. The van der Waals surface area contributed by atoms with Crippen molar-refractivity contribution in [2.24, 2.45) is 4.99 Å². The minimum atomic E-state index is -0.112. The molecule has 11 rings (SSSR count). The number of nitrogens with zero attached hydrogens (tertiary/aromatic N) is 2. The van der Waals surface area contributed by atoms with Crippen molar-refractivity contribution in [2.45, 2.75) is 6.04 Å². The third-order valence-electron chi connectivity index (χ3n) is 12.3. The summed E-state index contributed by atoms with van der Waals surface area (Å²) in [5.41, 5.74) is 19.6. The van der Waals surface area contributed by atoms with Crippen LogP contribution in [-0.2, 0) is 0 Å². The van der Waals surface area contributed by atoms with Gasteiger partial charge in [0.05, 0.1) is 23.1 Å². The molecule has 1 N–H and O–H groups in total. The van der Waals surface area contributed by atoms with E-state index in [4.69, 9.17) is 9.98 Å². The molecule has 0 bridgehead atoms. The average Bonchev–Trinajstić information content (AvgIpc) is 3.42. The molecule has 0 aliphatic carbocycles. The number of amidine groups is 1. The van der Waals surface area contributed by atoms with Crippen LogP contribution in [0.4, 0.5) is 0 Å². The Morgan fingerprint density at radius 2 is 0.667 bits per heavy atom. The van der Waals surface area contributed by atoms with Crippen LogP contribution in [0.2, 0.25) is 0 Å². The fraction of sp³-hybridized carbons (Fsp3) is 0.0159. The molecule has 1 aromatic heterocycles. The van der Waals surface area contributed by atoms with Gasteiger partial charge in [0.25, 0.3) is 0 Å². The first-order valence-corrected chi connectivity index (χ1v) is 22.5. The van der Waals surface area contributed by atoms with Gasteiger partial charge in [0.15, 0.2) is 0 Å². The van der Waals surface area contributed by atoms with Crippen LogP contribution in [-0.4, -0.2) is 10.8 Å². The highest BCUT2D eigenvalue weighted by Crippen LogP contribution is 2.49. The molecule has 0 radical (unpaired) electrons. The third-order valence-corrected chi connectivity index (χ3v) is 12.3. The van der Waals surface area contributed by atoms with E-state index < -0.39 is 0 Å². The van der Waals surface area contributed by atoms with E-state index in [1.165, 1.54) is 5.56 Å². The Kier molecular flexibility index (Phi) is 11.1. The van der Waals surface area contributed by atoms with Crippen LogP contribution < -0.4 is 5.32 Å². The lowest BCUT2D eigenvalue weighted by Crippen LogP contribution is -2.31. The fourth-order valence-corrected chi connectivity index (χ4v) is 9.11. The van der Waals surface area contributed by atoms with Crippen molar-refractivity contribution in [2.75, 3.05) is 0 Å². The maximum atomic E-state index is 5.62. The van der Waals surface area contributed by atoms with Crippen molar-refractivity contribution in [1.29, 1.82) is 0 Å². The summed E-state index contributed by atoms with van der Waals surface area (Å²) in [6.07, 6.45) is 2.26. The molecule has 0 spiro atoms. The lowest BCUT2D eigenvalue weighted by molar-refractivity contribution is 0.781. The molecular weight excluding hydrogens is 799 g/mol. The van der Waals surface area contributed by atoms with Gasteiger partial charge in [-0.3, -0.25) is 0 Å². The predicted octanol–water partition coefficient (Wildman–Crippen LogP) is 15.9. The van der Waals surface area contributed by atoms with Crippen molar-refractivity contribution in [3.8, 4) is 78.1 Å². The standard InChI is InChI=1S/C63H45N3/c1-7-21-44(22-8-1)52-33-19-35-54(41-52)56-43-57(65-63(64-56)51-31-17-6-18-32-51)55-36-20-34-53(42-55)45-37-39-48(40-38-45)58-59(46-23-9-2-10-24-46)61(49-27-13-4-14-28-49)66-62(50-29-15-5-16-30-50)60(58)47-25-11-3-12-26-47/h1-43,57H,(H,64,65). The van der Waals surface area contributed by atoms with Crippen LogP contribution in [0.25, 0.3) is 83.8 Å². The summed E-state index contributed by atoms with van der Waals surface area (Å²) in [6.45, 7) is 0. The molecule has 2 heterocycles. The molecule has 0 fully saturated rings. The number of pyridine rings is 1. The van der Waals surface area contributed by atoms with E-state index in [0.717, 1.165) is 101 Å². The Morgan fingerprint density at radius 1 is 0.288 bits per heavy atom. The molecule has 0 amide bonds. The summed E-state index contributed by atoms with van der Waals surface area (Å²) in [4.78, 5) is 10.8. The summed E-state index contributed by atoms with van der Waals surface area (Å²) in [7, 11) is 0. The van der Waals surface area contributed by atoms with E-state index in [9.17, 15) is 0 Å². The summed E-state index contributed by atoms with van der Waals surface area (Å²) >= 11 is 0. The Labute approximate surface area is 386 Å². The second-order valence-electron chi connectivity index (χ2n) is 16.5. The van der Waals surface area contributed by atoms with E-state index in [0.29, 0.717) is 0 Å². The number of rotatable bonds is 10. The van der Waals surface area contributed by atoms with Crippen LogP contribution >= 0.6 is 0 Å². The second-order valence-corrected chi connectivity index (χ2v) is 16.5. The molecule has 9 aromatic carbocycles. The maximum absolute atomic E-state index is 5.62. The molecule has 3 nitrogen and oxygen atoms in total. The number of hydrogen-bond acceptors (Lipinski definition) is 3. The van der Waals surface area contributed by atoms with Gasteiger partial charge in [0.2, 0.25) is 0 Å². The number of aliphatic imine (C=N–C) groups is 1. The van der Waals surface area contributed by atoms with Crippen molar-refractivity contribution in [3.05, 3.63) is 278 Å².